The summed E-state index contributed by atoms with van der Waals surface area (Å²) in [5, 5.41) is 13.8. The molecule has 1 spiro atoms. The van der Waals surface area contributed by atoms with Crippen molar-refractivity contribution in [3.63, 3.8) is 0 Å². The smallest absolute Gasteiger partial charge is 0.251 e. The number of aliphatic hydroxyl groups is 1. The molecule has 0 aromatic heterocycles. The molecule has 2 unspecified atom stereocenters. The van der Waals surface area contributed by atoms with Crippen molar-refractivity contribution in [1.29, 1.82) is 0 Å². The highest BCUT2D eigenvalue weighted by Crippen LogP contribution is 2.48. The summed E-state index contributed by atoms with van der Waals surface area (Å²) < 4.78 is 5.44. The summed E-state index contributed by atoms with van der Waals surface area (Å²) in [6.45, 7) is 5.97. The molecule has 1 aliphatic heterocycles. The third kappa shape index (κ3) is 3.15. The van der Waals surface area contributed by atoms with Crippen LogP contribution in [0.4, 0.5) is 0 Å². The molecule has 1 saturated carbocycles. The fourth-order valence-electron chi connectivity index (χ4n) is 4.30. The lowest BCUT2D eigenvalue weighted by atomic mass is 9.76. The number of nitrogens with one attached hydrogen (secondary N) is 1. The number of hydrogen-bond acceptors (Lipinski definition) is 3. The largest absolute Gasteiger partial charge is 0.392 e. The Balaban J connectivity index is 1.62. The Kier molecular flexibility index (Phi) is 4.74. The monoisotopic (exact) mass is 317 g/mol. The number of hydrogen-bond donors (Lipinski definition) is 2. The van der Waals surface area contributed by atoms with Gasteiger partial charge in [0.2, 0.25) is 0 Å². The third-order valence-corrected chi connectivity index (χ3v) is 5.81. The normalized spacial score (nSPS) is 26.4. The van der Waals surface area contributed by atoms with E-state index in [9.17, 15) is 9.90 Å². The van der Waals surface area contributed by atoms with Gasteiger partial charge in [0.1, 0.15) is 0 Å². The van der Waals surface area contributed by atoms with Crippen molar-refractivity contribution in [1.82, 2.24) is 5.32 Å². The lowest BCUT2D eigenvalue weighted by Gasteiger charge is -2.37. The minimum Gasteiger partial charge on any atom is -0.392 e. The van der Waals surface area contributed by atoms with E-state index in [1.165, 1.54) is 0 Å². The van der Waals surface area contributed by atoms with E-state index < -0.39 is 0 Å². The maximum absolute atomic E-state index is 12.5. The molecule has 3 rings (SSSR count). The van der Waals surface area contributed by atoms with Crippen LogP contribution in [0, 0.1) is 25.2 Å². The van der Waals surface area contributed by atoms with E-state index in [1.807, 2.05) is 32.0 Å². The summed E-state index contributed by atoms with van der Waals surface area (Å²) in [7, 11) is 0. The SMILES string of the molecule is Cc1cccc(C)c1C(=O)NCC1CCC2(CCOCC2)C1O. The summed E-state index contributed by atoms with van der Waals surface area (Å²) in [5.74, 6) is 0.127. The molecular formula is C19H27NO3. The highest BCUT2D eigenvalue weighted by atomic mass is 16.5. The molecule has 0 bridgehead atoms. The molecule has 1 aliphatic carbocycles. The Labute approximate surface area is 138 Å². The molecule has 4 nitrogen and oxygen atoms in total. The second-order valence-electron chi connectivity index (χ2n) is 7.20. The number of aliphatic hydroxyl groups excluding tert-OH is 1. The van der Waals surface area contributed by atoms with E-state index in [-0.39, 0.29) is 23.3 Å². The van der Waals surface area contributed by atoms with Crippen LogP contribution < -0.4 is 5.32 Å². The molecule has 2 atom stereocenters. The Bertz CT molecular complexity index is 558. The quantitative estimate of drug-likeness (QED) is 0.901. The van der Waals surface area contributed by atoms with Crippen molar-refractivity contribution in [2.24, 2.45) is 11.3 Å². The molecule has 1 aromatic rings. The maximum Gasteiger partial charge on any atom is 0.251 e. The average molecular weight is 317 g/mol. The first kappa shape index (κ1) is 16.5. The standard InChI is InChI=1S/C19H27NO3/c1-13-4-3-5-14(2)16(13)18(22)20-12-15-6-7-19(17(15)21)8-10-23-11-9-19/h3-5,15,17,21H,6-12H2,1-2H3,(H,20,22). The fourth-order valence-corrected chi connectivity index (χ4v) is 4.30. The van der Waals surface area contributed by atoms with E-state index in [4.69, 9.17) is 4.74 Å². The zero-order valence-corrected chi connectivity index (χ0v) is 14.1. The molecule has 1 aromatic carbocycles. The number of amides is 1. The van der Waals surface area contributed by atoms with Gasteiger partial charge in [0.05, 0.1) is 6.10 Å². The first-order chi connectivity index (χ1) is 11.0. The second kappa shape index (κ2) is 6.62. The summed E-state index contributed by atoms with van der Waals surface area (Å²) in [6, 6.07) is 5.89. The number of aryl methyl sites for hydroxylation is 2. The Morgan fingerprint density at radius 2 is 1.91 bits per heavy atom. The summed E-state index contributed by atoms with van der Waals surface area (Å²) in [4.78, 5) is 12.5. The number of benzene rings is 1. The molecular weight excluding hydrogens is 290 g/mol. The first-order valence-electron chi connectivity index (χ1n) is 8.64. The molecule has 1 saturated heterocycles. The zero-order valence-electron chi connectivity index (χ0n) is 14.1. The van der Waals surface area contributed by atoms with E-state index in [0.717, 1.165) is 55.6 Å². The number of rotatable bonds is 3. The van der Waals surface area contributed by atoms with Crippen LogP contribution in [0.15, 0.2) is 18.2 Å². The van der Waals surface area contributed by atoms with Crippen molar-refractivity contribution < 1.29 is 14.6 Å². The Morgan fingerprint density at radius 1 is 1.26 bits per heavy atom. The van der Waals surface area contributed by atoms with Crippen molar-refractivity contribution in [3.8, 4) is 0 Å². The van der Waals surface area contributed by atoms with Gasteiger partial charge in [-0.25, -0.2) is 0 Å². The minimum absolute atomic E-state index is 0.0201. The molecule has 1 heterocycles. The van der Waals surface area contributed by atoms with Gasteiger partial charge >= 0.3 is 0 Å². The van der Waals surface area contributed by atoms with Crippen LogP contribution in [-0.2, 0) is 4.74 Å². The Hall–Kier alpha value is -1.39. The van der Waals surface area contributed by atoms with Crippen LogP contribution in [0.5, 0.6) is 0 Å². The molecule has 2 N–H and O–H groups in total. The van der Waals surface area contributed by atoms with Crippen LogP contribution >= 0.6 is 0 Å². The van der Waals surface area contributed by atoms with E-state index in [0.29, 0.717) is 6.54 Å². The van der Waals surface area contributed by atoms with Crippen molar-refractivity contribution >= 4 is 5.91 Å². The lowest BCUT2D eigenvalue weighted by Crippen LogP contribution is -2.41. The van der Waals surface area contributed by atoms with Gasteiger partial charge in [-0.1, -0.05) is 18.2 Å². The zero-order chi connectivity index (χ0) is 16.4. The van der Waals surface area contributed by atoms with Gasteiger partial charge < -0.3 is 15.2 Å². The Morgan fingerprint density at radius 3 is 2.57 bits per heavy atom. The average Bonchev–Trinajstić information content (AvgIpc) is 2.82. The molecule has 1 amide bonds. The molecule has 2 fully saturated rings. The predicted octanol–water partition coefficient (Wildman–Crippen LogP) is 2.60. The van der Waals surface area contributed by atoms with Gasteiger partial charge in [-0.15, -0.1) is 0 Å². The fraction of sp³-hybridized carbons (Fsp3) is 0.632. The van der Waals surface area contributed by atoms with E-state index in [1.54, 1.807) is 0 Å². The lowest BCUT2D eigenvalue weighted by molar-refractivity contribution is -0.0555. The van der Waals surface area contributed by atoms with E-state index in [2.05, 4.69) is 5.32 Å². The van der Waals surface area contributed by atoms with E-state index >= 15 is 0 Å². The van der Waals surface area contributed by atoms with Crippen LogP contribution in [0.3, 0.4) is 0 Å². The first-order valence-corrected chi connectivity index (χ1v) is 8.64. The molecule has 2 aliphatic rings. The van der Waals surface area contributed by atoms with Gasteiger partial charge in [-0.05, 0) is 50.7 Å². The van der Waals surface area contributed by atoms with Gasteiger partial charge in [0.15, 0.2) is 0 Å². The predicted molar refractivity (Wildman–Crippen MR) is 89.5 cm³/mol. The van der Waals surface area contributed by atoms with Gasteiger partial charge in [0.25, 0.3) is 5.91 Å². The molecule has 126 valence electrons. The van der Waals surface area contributed by atoms with Gasteiger partial charge in [-0.2, -0.15) is 0 Å². The van der Waals surface area contributed by atoms with Crippen LogP contribution in [0.2, 0.25) is 0 Å². The van der Waals surface area contributed by atoms with Crippen LogP contribution in [-0.4, -0.2) is 36.9 Å². The second-order valence-corrected chi connectivity index (χ2v) is 7.20. The van der Waals surface area contributed by atoms with Crippen molar-refractivity contribution in [2.75, 3.05) is 19.8 Å². The molecule has 0 radical (unpaired) electrons. The third-order valence-electron chi connectivity index (χ3n) is 5.81. The summed E-state index contributed by atoms with van der Waals surface area (Å²) >= 11 is 0. The molecule has 4 heteroatoms. The topological polar surface area (TPSA) is 58.6 Å². The number of ether oxygens (including phenoxy) is 1. The minimum atomic E-state index is -0.329. The van der Waals surface area contributed by atoms with Crippen molar-refractivity contribution in [2.45, 2.75) is 45.6 Å². The number of carbonyl (C=O) groups is 1. The number of carbonyl (C=O) groups excluding carboxylic acids is 1. The highest BCUT2D eigenvalue weighted by Gasteiger charge is 2.48. The maximum atomic E-state index is 12.5. The van der Waals surface area contributed by atoms with Crippen LogP contribution in [0.25, 0.3) is 0 Å². The van der Waals surface area contributed by atoms with Gasteiger partial charge in [0, 0.05) is 36.7 Å². The highest BCUT2D eigenvalue weighted by molar-refractivity contribution is 5.97. The summed E-state index contributed by atoms with van der Waals surface area (Å²) in [5.41, 5.74) is 2.78. The van der Waals surface area contributed by atoms with Crippen molar-refractivity contribution in [3.05, 3.63) is 34.9 Å². The summed E-state index contributed by atoms with van der Waals surface area (Å²) in [6.07, 6.45) is 3.57. The van der Waals surface area contributed by atoms with Gasteiger partial charge in [-0.3, -0.25) is 4.79 Å². The van der Waals surface area contributed by atoms with Crippen LogP contribution in [0.1, 0.15) is 47.2 Å². The molecule has 23 heavy (non-hydrogen) atoms.